The summed E-state index contributed by atoms with van der Waals surface area (Å²) in [5.41, 5.74) is 1.15. The monoisotopic (exact) mass is 376 g/mol. The molecule has 6 nitrogen and oxygen atoms in total. The highest BCUT2D eigenvalue weighted by molar-refractivity contribution is 7.99. The number of nitro groups is 1. The molecule has 130 valence electrons. The second-order valence-corrected chi connectivity index (χ2v) is 6.93. The number of nitrogens with zero attached hydrogens (tertiary/aromatic N) is 3. The molecule has 0 bridgehead atoms. The van der Waals surface area contributed by atoms with E-state index < -0.39 is 0 Å². The largest absolute Gasteiger partial charge is 0.365 e. The summed E-state index contributed by atoms with van der Waals surface area (Å²) in [6.07, 6.45) is 1.70. The van der Waals surface area contributed by atoms with Crippen molar-refractivity contribution in [2.75, 3.05) is 18.8 Å². The number of benzene rings is 1. The lowest BCUT2D eigenvalue weighted by atomic mass is 10.2. The SMILES string of the molecule is O=[N+]([O-])/C(CSc1ccccc1)=C1\NCCN1Cc1ccc(Cl)nc1. The topological polar surface area (TPSA) is 71.3 Å². The summed E-state index contributed by atoms with van der Waals surface area (Å²) in [5.74, 6) is 0.887. The molecule has 0 unspecified atom stereocenters. The molecule has 0 spiro atoms. The van der Waals surface area contributed by atoms with Crippen LogP contribution >= 0.6 is 23.4 Å². The molecule has 1 aromatic heterocycles. The number of nitrogens with one attached hydrogen (secondary N) is 1. The van der Waals surface area contributed by atoms with E-state index in [9.17, 15) is 10.1 Å². The zero-order valence-corrected chi connectivity index (χ0v) is 15.0. The van der Waals surface area contributed by atoms with Gasteiger partial charge in [0.1, 0.15) is 5.15 Å². The summed E-state index contributed by atoms with van der Waals surface area (Å²) in [4.78, 5) is 18.3. The highest BCUT2D eigenvalue weighted by atomic mass is 35.5. The van der Waals surface area contributed by atoms with Crippen LogP contribution in [-0.4, -0.2) is 33.6 Å². The predicted molar refractivity (Wildman–Crippen MR) is 98.8 cm³/mol. The zero-order valence-electron chi connectivity index (χ0n) is 13.4. The summed E-state index contributed by atoms with van der Waals surface area (Å²) in [6.45, 7) is 1.95. The Bertz CT molecular complexity index is 768. The van der Waals surface area contributed by atoms with Crippen LogP contribution in [0.3, 0.4) is 0 Å². The Balaban J connectivity index is 1.77. The van der Waals surface area contributed by atoms with Crippen LogP contribution in [0, 0.1) is 10.1 Å². The first-order valence-electron chi connectivity index (χ1n) is 7.78. The molecule has 3 rings (SSSR count). The smallest absolute Gasteiger partial charge is 0.296 e. The number of hydrogen-bond acceptors (Lipinski definition) is 6. The normalized spacial score (nSPS) is 15.8. The Kier molecular flexibility index (Phi) is 5.78. The molecule has 25 heavy (non-hydrogen) atoms. The van der Waals surface area contributed by atoms with Gasteiger partial charge >= 0.3 is 0 Å². The van der Waals surface area contributed by atoms with Crippen molar-refractivity contribution in [2.45, 2.75) is 11.4 Å². The van der Waals surface area contributed by atoms with Crippen molar-refractivity contribution in [3.63, 3.8) is 0 Å². The van der Waals surface area contributed by atoms with E-state index in [1.165, 1.54) is 11.8 Å². The molecule has 2 heterocycles. The molecule has 1 aromatic carbocycles. The van der Waals surface area contributed by atoms with Crippen molar-refractivity contribution in [3.8, 4) is 0 Å². The van der Waals surface area contributed by atoms with Gasteiger partial charge in [-0.2, -0.15) is 0 Å². The number of thioether (sulfide) groups is 1. The molecule has 1 aliphatic rings. The molecule has 0 saturated carbocycles. The van der Waals surface area contributed by atoms with Gasteiger partial charge in [0.2, 0.25) is 0 Å². The third kappa shape index (κ3) is 4.64. The number of halogens is 1. The van der Waals surface area contributed by atoms with E-state index in [2.05, 4.69) is 10.3 Å². The van der Waals surface area contributed by atoms with Crippen LogP contribution in [0.15, 0.2) is 65.1 Å². The summed E-state index contributed by atoms with van der Waals surface area (Å²) >= 11 is 7.27. The third-order valence-corrected chi connectivity index (χ3v) is 5.01. The fourth-order valence-corrected chi connectivity index (χ4v) is 3.58. The van der Waals surface area contributed by atoms with E-state index in [0.717, 1.165) is 10.5 Å². The third-order valence-electron chi connectivity index (χ3n) is 3.76. The molecule has 0 aliphatic carbocycles. The van der Waals surface area contributed by atoms with Crippen LogP contribution in [0.2, 0.25) is 5.15 Å². The number of pyridine rings is 1. The van der Waals surface area contributed by atoms with Crippen LogP contribution < -0.4 is 5.32 Å². The van der Waals surface area contributed by atoms with Gasteiger partial charge in [0.25, 0.3) is 5.70 Å². The summed E-state index contributed by atoms with van der Waals surface area (Å²) in [5, 5.41) is 15.2. The lowest BCUT2D eigenvalue weighted by Crippen LogP contribution is -2.24. The molecular formula is C17H17ClN4O2S. The molecule has 8 heteroatoms. The lowest BCUT2D eigenvalue weighted by molar-refractivity contribution is -0.425. The van der Waals surface area contributed by atoms with Crippen LogP contribution in [-0.2, 0) is 6.54 Å². The van der Waals surface area contributed by atoms with Gasteiger partial charge in [-0.1, -0.05) is 35.9 Å². The van der Waals surface area contributed by atoms with E-state index in [-0.39, 0.29) is 10.6 Å². The van der Waals surface area contributed by atoms with Crippen LogP contribution in [0.4, 0.5) is 0 Å². The van der Waals surface area contributed by atoms with Gasteiger partial charge < -0.3 is 10.2 Å². The number of rotatable bonds is 6. The molecule has 2 aromatic rings. The standard InChI is InChI=1S/C17H17ClN4O2S/c18-16-7-6-13(10-20-16)11-21-9-8-19-17(21)15(22(23)24)12-25-14-4-2-1-3-5-14/h1-7,10,19H,8-9,11-12H2/b17-15+. The maximum atomic E-state index is 11.6. The van der Waals surface area contributed by atoms with Crippen molar-refractivity contribution in [2.24, 2.45) is 0 Å². The van der Waals surface area contributed by atoms with Crippen LogP contribution in [0.1, 0.15) is 5.56 Å². The van der Waals surface area contributed by atoms with Gasteiger partial charge in [-0.05, 0) is 23.8 Å². The van der Waals surface area contributed by atoms with Gasteiger partial charge in [-0.25, -0.2) is 4.98 Å². The Morgan fingerprint density at radius 1 is 1.32 bits per heavy atom. The molecule has 0 radical (unpaired) electrons. The van der Waals surface area contributed by atoms with Gasteiger partial charge in [0.15, 0.2) is 5.82 Å². The zero-order chi connectivity index (χ0) is 17.6. The second kappa shape index (κ2) is 8.22. The fourth-order valence-electron chi connectivity index (χ4n) is 2.57. The Hall–Kier alpha value is -2.25. The van der Waals surface area contributed by atoms with Gasteiger partial charge in [0, 0.05) is 30.7 Å². The van der Waals surface area contributed by atoms with E-state index in [1.807, 2.05) is 41.3 Å². The highest BCUT2D eigenvalue weighted by Gasteiger charge is 2.28. The van der Waals surface area contributed by atoms with Gasteiger partial charge in [-0.3, -0.25) is 10.1 Å². The average molecular weight is 377 g/mol. The minimum Gasteiger partial charge on any atom is -0.365 e. The van der Waals surface area contributed by atoms with Crippen molar-refractivity contribution in [1.82, 2.24) is 15.2 Å². The maximum Gasteiger partial charge on any atom is 0.296 e. The molecule has 0 amide bonds. The quantitative estimate of drug-likeness (QED) is 0.360. The Labute approximate surface area is 155 Å². The molecule has 1 saturated heterocycles. The fraction of sp³-hybridized carbons (Fsp3) is 0.235. The number of aromatic nitrogens is 1. The second-order valence-electron chi connectivity index (χ2n) is 5.49. The Morgan fingerprint density at radius 3 is 2.80 bits per heavy atom. The lowest BCUT2D eigenvalue weighted by Gasteiger charge is -2.19. The average Bonchev–Trinajstić information content (AvgIpc) is 3.06. The summed E-state index contributed by atoms with van der Waals surface area (Å²) in [7, 11) is 0. The highest BCUT2D eigenvalue weighted by Crippen LogP contribution is 2.24. The maximum absolute atomic E-state index is 11.6. The number of hydrogen-bond donors (Lipinski definition) is 1. The first kappa shape index (κ1) is 17.6. The van der Waals surface area contributed by atoms with E-state index in [0.29, 0.717) is 36.4 Å². The van der Waals surface area contributed by atoms with E-state index >= 15 is 0 Å². The van der Waals surface area contributed by atoms with E-state index in [4.69, 9.17) is 11.6 Å². The van der Waals surface area contributed by atoms with Crippen molar-refractivity contribution in [1.29, 1.82) is 0 Å². The minimum absolute atomic E-state index is 0.188. The minimum atomic E-state index is -0.295. The molecule has 1 aliphatic heterocycles. The van der Waals surface area contributed by atoms with Crippen LogP contribution in [0.25, 0.3) is 0 Å². The molecule has 0 atom stereocenters. The molecular weight excluding hydrogens is 360 g/mol. The van der Waals surface area contributed by atoms with E-state index in [1.54, 1.807) is 12.3 Å². The van der Waals surface area contributed by atoms with Gasteiger partial charge in [-0.15, -0.1) is 11.8 Å². The summed E-state index contributed by atoms with van der Waals surface area (Å²) < 4.78 is 0. The Morgan fingerprint density at radius 2 is 2.12 bits per heavy atom. The summed E-state index contributed by atoms with van der Waals surface area (Å²) in [6, 6.07) is 13.3. The first-order chi connectivity index (χ1) is 12.1. The predicted octanol–water partition coefficient (Wildman–Crippen LogP) is 3.38. The molecule has 1 N–H and O–H groups in total. The first-order valence-corrected chi connectivity index (χ1v) is 9.14. The van der Waals surface area contributed by atoms with Crippen molar-refractivity contribution in [3.05, 3.63) is 81.0 Å². The van der Waals surface area contributed by atoms with Crippen molar-refractivity contribution >= 4 is 23.4 Å². The van der Waals surface area contributed by atoms with Crippen LogP contribution in [0.5, 0.6) is 0 Å². The van der Waals surface area contributed by atoms with Gasteiger partial charge in [0.05, 0.1) is 10.7 Å². The molecule has 1 fully saturated rings. The van der Waals surface area contributed by atoms with Crippen molar-refractivity contribution < 1.29 is 4.92 Å².